The van der Waals surface area contributed by atoms with Crippen LogP contribution in [0.3, 0.4) is 0 Å². The summed E-state index contributed by atoms with van der Waals surface area (Å²) in [7, 11) is 1.49. The standard InChI is InChI=1S/C16H17NO6/c1-4-21-14(18)9-22-15-11(6-5-7-13(15)20-3)8-12-10(2)17-23-16(12)19/h5-8H,4,9H2,1-3H3/b12-8-. The Morgan fingerprint density at radius 3 is 2.78 bits per heavy atom. The molecule has 0 radical (unpaired) electrons. The number of carbonyl (C=O) groups is 2. The molecule has 0 saturated heterocycles. The van der Waals surface area contributed by atoms with Crippen LogP contribution in [0.1, 0.15) is 19.4 Å². The van der Waals surface area contributed by atoms with Crippen LogP contribution in [0.4, 0.5) is 0 Å². The second-order valence-corrected chi connectivity index (χ2v) is 4.59. The van der Waals surface area contributed by atoms with Gasteiger partial charge in [-0.05, 0) is 26.0 Å². The first-order valence-corrected chi connectivity index (χ1v) is 7.00. The van der Waals surface area contributed by atoms with Crippen LogP contribution in [0, 0.1) is 0 Å². The summed E-state index contributed by atoms with van der Waals surface area (Å²) >= 11 is 0. The normalized spacial score (nSPS) is 15.2. The average molecular weight is 319 g/mol. The van der Waals surface area contributed by atoms with E-state index in [9.17, 15) is 9.59 Å². The monoisotopic (exact) mass is 319 g/mol. The molecule has 0 fully saturated rings. The second-order valence-electron chi connectivity index (χ2n) is 4.59. The third kappa shape index (κ3) is 3.88. The molecule has 1 aromatic rings. The van der Waals surface area contributed by atoms with Crippen molar-refractivity contribution in [2.45, 2.75) is 13.8 Å². The molecule has 1 aliphatic heterocycles. The summed E-state index contributed by atoms with van der Waals surface area (Å²) < 4.78 is 15.6. The third-order valence-electron chi connectivity index (χ3n) is 3.04. The zero-order valence-electron chi connectivity index (χ0n) is 13.1. The minimum absolute atomic E-state index is 0.262. The van der Waals surface area contributed by atoms with Crippen molar-refractivity contribution >= 4 is 23.7 Å². The van der Waals surface area contributed by atoms with E-state index in [0.717, 1.165) is 0 Å². The van der Waals surface area contributed by atoms with Gasteiger partial charge in [-0.3, -0.25) is 0 Å². The Kier molecular flexibility index (Phi) is 5.35. The summed E-state index contributed by atoms with van der Waals surface area (Å²) in [5.74, 6) is -0.260. The van der Waals surface area contributed by atoms with Crippen LogP contribution in [0.15, 0.2) is 28.9 Å². The van der Waals surface area contributed by atoms with Gasteiger partial charge in [0, 0.05) is 5.56 Å². The smallest absolute Gasteiger partial charge is 0.367 e. The number of benzene rings is 1. The highest BCUT2D eigenvalue weighted by Crippen LogP contribution is 2.33. The SMILES string of the molecule is CCOC(=O)COc1c(/C=C2\C(=O)ON=C2C)cccc1OC. The lowest BCUT2D eigenvalue weighted by molar-refractivity contribution is -0.145. The fraction of sp³-hybridized carbons (Fsp3) is 0.312. The van der Waals surface area contributed by atoms with Gasteiger partial charge in [0.1, 0.15) is 0 Å². The van der Waals surface area contributed by atoms with Gasteiger partial charge in [-0.15, -0.1) is 0 Å². The number of hydrogen-bond donors (Lipinski definition) is 0. The zero-order valence-corrected chi connectivity index (χ0v) is 13.1. The third-order valence-corrected chi connectivity index (χ3v) is 3.04. The van der Waals surface area contributed by atoms with E-state index in [2.05, 4.69) is 9.99 Å². The van der Waals surface area contributed by atoms with Gasteiger partial charge in [0.15, 0.2) is 18.1 Å². The first kappa shape index (κ1) is 16.5. The molecule has 0 N–H and O–H groups in total. The minimum atomic E-state index is -0.540. The van der Waals surface area contributed by atoms with Gasteiger partial charge in [0.25, 0.3) is 0 Å². The molecule has 23 heavy (non-hydrogen) atoms. The van der Waals surface area contributed by atoms with Crippen LogP contribution in [-0.2, 0) is 19.2 Å². The average Bonchev–Trinajstić information content (AvgIpc) is 2.85. The molecule has 0 saturated carbocycles. The summed E-state index contributed by atoms with van der Waals surface area (Å²) in [6.07, 6.45) is 1.58. The van der Waals surface area contributed by atoms with Crippen molar-refractivity contribution in [2.75, 3.05) is 20.3 Å². The van der Waals surface area contributed by atoms with Gasteiger partial charge < -0.3 is 19.0 Å². The molecule has 0 amide bonds. The second kappa shape index (κ2) is 7.44. The molecule has 7 heteroatoms. The highest BCUT2D eigenvalue weighted by atomic mass is 16.7. The lowest BCUT2D eigenvalue weighted by Crippen LogP contribution is -2.15. The first-order chi connectivity index (χ1) is 11.1. The summed E-state index contributed by atoms with van der Waals surface area (Å²) in [5, 5.41) is 3.62. The number of oxime groups is 1. The molecular weight excluding hydrogens is 302 g/mol. The molecular formula is C16H17NO6. The van der Waals surface area contributed by atoms with Crippen molar-refractivity contribution in [3.63, 3.8) is 0 Å². The molecule has 0 unspecified atom stereocenters. The number of rotatable bonds is 6. The Bertz CT molecular complexity index is 677. The number of methoxy groups -OCH3 is 1. The van der Waals surface area contributed by atoms with Gasteiger partial charge in [-0.2, -0.15) is 0 Å². The summed E-state index contributed by atoms with van der Waals surface area (Å²) in [6, 6.07) is 5.17. The maximum absolute atomic E-state index is 11.7. The fourth-order valence-corrected chi connectivity index (χ4v) is 1.97. The molecule has 1 aliphatic rings. The molecule has 0 aliphatic carbocycles. The number of para-hydroxylation sites is 1. The van der Waals surface area contributed by atoms with Gasteiger partial charge in [0.2, 0.25) is 0 Å². The van der Waals surface area contributed by atoms with E-state index in [0.29, 0.717) is 28.3 Å². The Labute approximate surface area is 133 Å². The van der Waals surface area contributed by atoms with Crippen LogP contribution in [0.5, 0.6) is 11.5 Å². The predicted molar refractivity (Wildman–Crippen MR) is 82.3 cm³/mol. The van der Waals surface area contributed by atoms with Gasteiger partial charge in [-0.25, -0.2) is 9.59 Å². The molecule has 122 valence electrons. The molecule has 0 spiro atoms. The number of ether oxygens (including phenoxy) is 3. The highest BCUT2D eigenvalue weighted by molar-refractivity contribution is 6.24. The Hall–Kier alpha value is -2.83. The van der Waals surface area contributed by atoms with E-state index in [4.69, 9.17) is 14.2 Å². The fourth-order valence-electron chi connectivity index (χ4n) is 1.97. The number of esters is 1. The maximum atomic E-state index is 11.7. The Balaban J connectivity index is 2.32. The molecule has 1 heterocycles. The number of carbonyl (C=O) groups excluding carboxylic acids is 2. The number of nitrogens with zero attached hydrogens (tertiary/aromatic N) is 1. The quantitative estimate of drug-likeness (QED) is 0.453. The summed E-state index contributed by atoms with van der Waals surface area (Å²) in [6.45, 7) is 3.38. The van der Waals surface area contributed by atoms with Crippen molar-refractivity contribution in [2.24, 2.45) is 5.16 Å². The van der Waals surface area contributed by atoms with E-state index in [1.54, 1.807) is 38.1 Å². The van der Waals surface area contributed by atoms with Gasteiger partial charge in [-0.1, -0.05) is 17.3 Å². The molecule has 0 bridgehead atoms. The highest BCUT2D eigenvalue weighted by Gasteiger charge is 2.23. The van der Waals surface area contributed by atoms with Crippen molar-refractivity contribution < 1.29 is 28.6 Å². The Morgan fingerprint density at radius 1 is 1.39 bits per heavy atom. The van der Waals surface area contributed by atoms with Crippen LogP contribution >= 0.6 is 0 Å². The van der Waals surface area contributed by atoms with Crippen molar-refractivity contribution in [3.05, 3.63) is 29.3 Å². The van der Waals surface area contributed by atoms with Gasteiger partial charge >= 0.3 is 11.9 Å². The topological polar surface area (TPSA) is 83.4 Å². The van der Waals surface area contributed by atoms with Crippen molar-refractivity contribution in [3.8, 4) is 11.5 Å². The van der Waals surface area contributed by atoms with Crippen LogP contribution < -0.4 is 9.47 Å². The molecule has 1 aromatic carbocycles. The molecule has 2 rings (SSSR count). The van der Waals surface area contributed by atoms with Gasteiger partial charge in [0.05, 0.1) is 25.0 Å². The van der Waals surface area contributed by atoms with E-state index in [-0.39, 0.29) is 13.2 Å². The number of hydrogen-bond acceptors (Lipinski definition) is 7. The van der Waals surface area contributed by atoms with Crippen molar-refractivity contribution in [1.29, 1.82) is 0 Å². The molecule has 0 atom stereocenters. The largest absolute Gasteiger partial charge is 0.493 e. The van der Waals surface area contributed by atoms with E-state index in [1.807, 2.05) is 0 Å². The van der Waals surface area contributed by atoms with E-state index < -0.39 is 11.9 Å². The lowest BCUT2D eigenvalue weighted by atomic mass is 10.1. The molecule has 7 nitrogen and oxygen atoms in total. The van der Waals surface area contributed by atoms with Crippen LogP contribution in [0.25, 0.3) is 6.08 Å². The van der Waals surface area contributed by atoms with Crippen LogP contribution in [-0.4, -0.2) is 38.0 Å². The Morgan fingerprint density at radius 2 is 2.17 bits per heavy atom. The zero-order chi connectivity index (χ0) is 16.8. The van der Waals surface area contributed by atoms with E-state index >= 15 is 0 Å². The summed E-state index contributed by atoms with van der Waals surface area (Å²) in [4.78, 5) is 27.7. The lowest BCUT2D eigenvalue weighted by Gasteiger charge is -2.13. The minimum Gasteiger partial charge on any atom is -0.493 e. The van der Waals surface area contributed by atoms with Crippen molar-refractivity contribution in [1.82, 2.24) is 0 Å². The first-order valence-electron chi connectivity index (χ1n) is 7.00. The van der Waals surface area contributed by atoms with E-state index in [1.165, 1.54) is 7.11 Å². The molecule has 0 aromatic heterocycles. The maximum Gasteiger partial charge on any atom is 0.367 e. The summed E-state index contributed by atoms with van der Waals surface area (Å²) in [5.41, 5.74) is 1.35. The van der Waals surface area contributed by atoms with Crippen LogP contribution in [0.2, 0.25) is 0 Å². The predicted octanol–water partition coefficient (Wildman–Crippen LogP) is 1.95.